The van der Waals surface area contributed by atoms with E-state index in [0.717, 1.165) is 25.2 Å². The first-order valence-corrected chi connectivity index (χ1v) is 5.46. The van der Waals surface area contributed by atoms with E-state index in [9.17, 15) is 9.90 Å². The van der Waals surface area contributed by atoms with Crippen molar-refractivity contribution in [3.63, 3.8) is 0 Å². The molecule has 0 aliphatic heterocycles. The Morgan fingerprint density at radius 2 is 1.92 bits per heavy atom. The van der Waals surface area contributed by atoms with Gasteiger partial charge in [0.25, 0.3) is 0 Å². The van der Waals surface area contributed by atoms with Crippen molar-refractivity contribution in [3.8, 4) is 0 Å². The molecule has 2 aliphatic carbocycles. The highest BCUT2D eigenvalue weighted by atomic mass is 16.3. The molecule has 2 fully saturated rings. The van der Waals surface area contributed by atoms with Gasteiger partial charge in [0.05, 0.1) is 0 Å². The van der Waals surface area contributed by atoms with Crippen LogP contribution in [0.2, 0.25) is 0 Å². The molecule has 0 aromatic carbocycles. The summed E-state index contributed by atoms with van der Waals surface area (Å²) in [7, 11) is 0. The molecule has 0 amide bonds. The van der Waals surface area contributed by atoms with E-state index in [-0.39, 0.29) is 5.78 Å². The van der Waals surface area contributed by atoms with E-state index in [1.807, 2.05) is 0 Å². The summed E-state index contributed by atoms with van der Waals surface area (Å²) in [5.41, 5.74) is -0.922. The first-order chi connectivity index (χ1) is 6.21. The third-order valence-corrected chi connectivity index (χ3v) is 3.43. The van der Waals surface area contributed by atoms with Crippen LogP contribution in [-0.4, -0.2) is 16.5 Å². The molecule has 2 saturated carbocycles. The third-order valence-electron chi connectivity index (χ3n) is 3.43. The summed E-state index contributed by atoms with van der Waals surface area (Å²) >= 11 is 0. The lowest BCUT2D eigenvalue weighted by atomic mass is 9.93. The Morgan fingerprint density at radius 3 is 2.46 bits per heavy atom. The highest BCUT2D eigenvalue weighted by Gasteiger charge is 2.38. The fourth-order valence-electron chi connectivity index (χ4n) is 2.21. The lowest BCUT2D eigenvalue weighted by Crippen LogP contribution is -2.35. The van der Waals surface area contributed by atoms with Crippen molar-refractivity contribution in [1.82, 2.24) is 0 Å². The van der Waals surface area contributed by atoms with Crippen LogP contribution in [0, 0.1) is 5.92 Å². The lowest BCUT2D eigenvalue weighted by molar-refractivity contribution is -0.136. The zero-order valence-electron chi connectivity index (χ0n) is 8.09. The zero-order valence-corrected chi connectivity index (χ0v) is 8.09. The van der Waals surface area contributed by atoms with Crippen molar-refractivity contribution in [1.29, 1.82) is 0 Å². The summed E-state index contributed by atoms with van der Waals surface area (Å²) in [5, 5.41) is 9.94. The Morgan fingerprint density at radius 1 is 1.31 bits per heavy atom. The molecule has 2 rings (SSSR count). The standard InChI is InChI=1S/C11H18O2/c12-10(6-5-9-3-4-9)11(13)7-1-2-8-11/h9,13H,1-8H2. The number of carbonyl (C=O) groups is 1. The van der Waals surface area contributed by atoms with Crippen LogP contribution >= 0.6 is 0 Å². The van der Waals surface area contributed by atoms with E-state index < -0.39 is 5.60 Å². The monoisotopic (exact) mass is 182 g/mol. The highest BCUT2D eigenvalue weighted by molar-refractivity contribution is 5.87. The fourth-order valence-corrected chi connectivity index (χ4v) is 2.21. The highest BCUT2D eigenvalue weighted by Crippen LogP contribution is 2.36. The maximum Gasteiger partial charge on any atom is 0.164 e. The van der Waals surface area contributed by atoms with Crippen LogP contribution in [0.1, 0.15) is 51.4 Å². The number of rotatable bonds is 4. The van der Waals surface area contributed by atoms with Gasteiger partial charge in [-0.3, -0.25) is 4.79 Å². The minimum absolute atomic E-state index is 0.108. The molecule has 2 nitrogen and oxygen atoms in total. The van der Waals surface area contributed by atoms with Gasteiger partial charge in [-0.1, -0.05) is 12.8 Å². The van der Waals surface area contributed by atoms with Gasteiger partial charge in [0.15, 0.2) is 5.78 Å². The van der Waals surface area contributed by atoms with E-state index in [1.54, 1.807) is 0 Å². The van der Waals surface area contributed by atoms with E-state index in [4.69, 9.17) is 0 Å². The first kappa shape index (κ1) is 9.20. The Bertz CT molecular complexity index is 200. The van der Waals surface area contributed by atoms with Crippen LogP contribution in [-0.2, 0) is 4.79 Å². The van der Waals surface area contributed by atoms with Gasteiger partial charge in [0, 0.05) is 6.42 Å². The molecule has 0 saturated heterocycles. The van der Waals surface area contributed by atoms with Crippen molar-refractivity contribution in [2.45, 2.75) is 57.0 Å². The van der Waals surface area contributed by atoms with Crippen molar-refractivity contribution >= 4 is 5.78 Å². The average Bonchev–Trinajstić information content (AvgIpc) is 2.84. The summed E-state index contributed by atoms with van der Waals surface area (Å²) in [6.45, 7) is 0. The quantitative estimate of drug-likeness (QED) is 0.722. The average molecular weight is 182 g/mol. The van der Waals surface area contributed by atoms with E-state index in [2.05, 4.69) is 0 Å². The van der Waals surface area contributed by atoms with Gasteiger partial charge < -0.3 is 5.11 Å². The van der Waals surface area contributed by atoms with Crippen molar-refractivity contribution in [2.75, 3.05) is 0 Å². The van der Waals surface area contributed by atoms with E-state index in [1.165, 1.54) is 12.8 Å². The minimum Gasteiger partial charge on any atom is -0.382 e. The second-order valence-corrected chi connectivity index (χ2v) is 4.64. The predicted molar refractivity (Wildman–Crippen MR) is 50.4 cm³/mol. The van der Waals surface area contributed by atoms with E-state index >= 15 is 0 Å². The molecular weight excluding hydrogens is 164 g/mol. The number of carbonyl (C=O) groups excluding carboxylic acids is 1. The van der Waals surface area contributed by atoms with Crippen LogP contribution in [0.4, 0.5) is 0 Å². The van der Waals surface area contributed by atoms with Crippen LogP contribution in [0.15, 0.2) is 0 Å². The molecular formula is C11H18O2. The third kappa shape index (κ3) is 2.11. The second kappa shape index (κ2) is 3.41. The predicted octanol–water partition coefficient (Wildman–Crippen LogP) is 2.05. The molecule has 0 spiro atoms. The maximum atomic E-state index is 11.6. The molecule has 0 aromatic heterocycles. The molecule has 0 atom stereocenters. The van der Waals surface area contributed by atoms with Gasteiger partial charge >= 0.3 is 0 Å². The van der Waals surface area contributed by atoms with Gasteiger partial charge in [0.2, 0.25) is 0 Å². The maximum absolute atomic E-state index is 11.6. The lowest BCUT2D eigenvalue weighted by Gasteiger charge is -2.19. The molecule has 74 valence electrons. The van der Waals surface area contributed by atoms with Gasteiger partial charge in [-0.15, -0.1) is 0 Å². The van der Waals surface area contributed by atoms with Crippen LogP contribution in [0.5, 0.6) is 0 Å². The Labute approximate surface area is 79.3 Å². The summed E-state index contributed by atoms with van der Waals surface area (Å²) in [5.74, 6) is 0.908. The molecule has 0 unspecified atom stereocenters. The summed E-state index contributed by atoms with van der Waals surface area (Å²) < 4.78 is 0. The number of hydrogen-bond acceptors (Lipinski definition) is 2. The van der Waals surface area contributed by atoms with E-state index in [0.29, 0.717) is 19.3 Å². The Balaban J connectivity index is 1.80. The Hall–Kier alpha value is -0.370. The molecule has 13 heavy (non-hydrogen) atoms. The van der Waals surface area contributed by atoms with Crippen molar-refractivity contribution < 1.29 is 9.90 Å². The molecule has 0 bridgehead atoms. The molecule has 0 heterocycles. The molecule has 0 radical (unpaired) electrons. The molecule has 0 aromatic rings. The minimum atomic E-state index is -0.922. The second-order valence-electron chi connectivity index (χ2n) is 4.64. The zero-order chi connectivity index (χ0) is 9.31. The number of ketones is 1. The van der Waals surface area contributed by atoms with Gasteiger partial charge in [-0.05, 0) is 38.0 Å². The van der Waals surface area contributed by atoms with Crippen LogP contribution in [0.25, 0.3) is 0 Å². The number of Topliss-reactive ketones (excluding diaryl/α,β-unsaturated/α-hetero) is 1. The molecule has 1 N–H and O–H groups in total. The largest absolute Gasteiger partial charge is 0.382 e. The summed E-state index contributed by atoms with van der Waals surface area (Å²) in [6, 6.07) is 0. The number of aliphatic hydroxyl groups is 1. The normalized spacial score (nSPS) is 26.2. The Kier molecular flexibility index (Phi) is 2.41. The smallest absolute Gasteiger partial charge is 0.164 e. The van der Waals surface area contributed by atoms with Gasteiger partial charge in [-0.2, -0.15) is 0 Å². The summed E-state index contributed by atoms with van der Waals surface area (Å²) in [4.78, 5) is 11.6. The van der Waals surface area contributed by atoms with Crippen molar-refractivity contribution in [3.05, 3.63) is 0 Å². The van der Waals surface area contributed by atoms with Gasteiger partial charge in [0.1, 0.15) is 5.60 Å². The number of hydrogen-bond donors (Lipinski definition) is 1. The van der Waals surface area contributed by atoms with Crippen LogP contribution in [0.3, 0.4) is 0 Å². The molecule has 2 heteroatoms. The first-order valence-electron chi connectivity index (χ1n) is 5.46. The summed E-state index contributed by atoms with van der Waals surface area (Å²) in [6.07, 6.45) is 7.67. The van der Waals surface area contributed by atoms with Gasteiger partial charge in [-0.25, -0.2) is 0 Å². The fraction of sp³-hybridized carbons (Fsp3) is 0.909. The molecule has 2 aliphatic rings. The van der Waals surface area contributed by atoms with Crippen LogP contribution < -0.4 is 0 Å². The SMILES string of the molecule is O=C(CCC1CC1)C1(O)CCCC1. The van der Waals surface area contributed by atoms with Crippen molar-refractivity contribution in [2.24, 2.45) is 5.92 Å². The topological polar surface area (TPSA) is 37.3 Å².